The number of benzene rings is 1. The number of carbonyl (C=O) groups is 7. The van der Waals surface area contributed by atoms with Gasteiger partial charge in [0.2, 0.25) is 35.8 Å². The molecule has 3 aliphatic rings. The van der Waals surface area contributed by atoms with E-state index in [-0.39, 0.29) is 29.7 Å². The predicted molar refractivity (Wildman–Crippen MR) is 197 cm³/mol. The van der Waals surface area contributed by atoms with E-state index >= 15 is 0 Å². The number of alkyl halides is 2. The van der Waals surface area contributed by atoms with Crippen molar-refractivity contribution in [3.05, 3.63) is 35.9 Å². The van der Waals surface area contributed by atoms with Crippen LogP contribution in [0.2, 0.25) is 0 Å². The van der Waals surface area contributed by atoms with Crippen LogP contribution in [0.3, 0.4) is 0 Å². The molecule has 0 bridgehead atoms. The molecule has 2 unspecified atom stereocenters. The number of ether oxygens (including phenoxy) is 1. The molecule has 1 aliphatic heterocycles. The zero-order chi connectivity index (χ0) is 40.8. The second kappa shape index (κ2) is 17.9. The minimum Gasteiger partial charge on any atom is -0.444 e. The molecule has 2 saturated carbocycles. The van der Waals surface area contributed by atoms with Crippen LogP contribution in [0.1, 0.15) is 91.2 Å². The fourth-order valence-corrected chi connectivity index (χ4v) is 7.90. The third kappa shape index (κ3) is 11.0. The third-order valence-electron chi connectivity index (χ3n) is 10.9. The summed E-state index contributed by atoms with van der Waals surface area (Å²) in [6.07, 6.45) is -0.915. The molecular formula is C39H56F2N6O8. The number of likely N-dealkylation sites (tertiary alicyclic amines) is 1. The Hall–Kier alpha value is -4.63. The molecule has 1 heterocycles. The van der Waals surface area contributed by atoms with Crippen LogP contribution < -0.4 is 21.3 Å². The molecule has 4 N–H and O–H groups in total. The summed E-state index contributed by atoms with van der Waals surface area (Å²) < 4.78 is 32.4. The van der Waals surface area contributed by atoms with Crippen LogP contribution in [0.4, 0.5) is 13.6 Å². The molecule has 6 atom stereocenters. The first-order valence-corrected chi connectivity index (χ1v) is 19.0. The fourth-order valence-electron chi connectivity index (χ4n) is 7.90. The molecule has 0 spiro atoms. The minimum absolute atomic E-state index is 0.0724. The molecule has 1 saturated heterocycles. The number of halogens is 2. The fraction of sp³-hybridized carbons (Fsp3) is 0.667. The molecule has 0 aromatic heterocycles. The maximum Gasteiger partial charge on any atom is 0.408 e. The number of fused-ring (bicyclic) bond motifs is 1. The summed E-state index contributed by atoms with van der Waals surface area (Å²) >= 11 is 0. The quantitative estimate of drug-likeness (QED) is 0.196. The maximum absolute atomic E-state index is 14.4. The van der Waals surface area contributed by atoms with Crippen LogP contribution in [0.15, 0.2) is 30.3 Å². The van der Waals surface area contributed by atoms with E-state index in [0.717, 1.165) is 19.3 Å². The molecule has 6 amide bonds. The average Bonchev–Trinajstić information content (AvgIpc) is 3.42. The van der Waals surface area contributed by atoms with Crippen molar-refractivity contribution in [1.29, 1.82) is 0 Å². The number of amides is 6. The Morgan fingerprint density at radius 1 is 0.927 bits per heavy atom. The first kappa shape index (κ1) is 43.1. The van der Waals surface area contributed by atoms with Crippen molar-refractivity contribution >= 4 is 41.4 Å². The van der Waals surface area contributed by atoms with E-state index in [1.165, 1.54) is 23.9 Å². The number of hydrogen-bond acceptors (Lipinski definition) is 8. The third-order valence-corrected chi connectivity index (χ3v) is 10.9. The Balaban J connectivity index is 1.49. The van der Waals surface area contributed by atoms with Gasteiger partial charge in [-0.3, -0.25) is 28.8 Å². The number of Topliss-reactive ketones (excluding diaryl/α,β-unsaturated/α-hetero) is 1. The summed E-state index contributed by atoms with van der Waals surface area (Å²) in [7, 11) is 3.03. The molecule has 304 valence electrons. The van der Waals surface area contributed by atoms with E-state index < -0.39 is 97.0 Å². The molecule has 14 nitrogen and oxygen atoms in total. The average molecular weight is 775 g/mol. The Bertz CT molecular complexity index is 1590. The number of likely N-dealkylation sites (N-methyl/N-ethyl adjacent to an activating group) is 1. The molecule has 1 aromatic rings. The largest absolute Gasteiger partial charge is 0.444 e. The van der Waals surface area contributed by atoms with Crippen molar-refractivity contribution in [3.8, 4) is 0 Å². The Labute approximate surface area is 321 Å². The van der Waals surface area contributed by atoms with Gasteiger partial charge in [-0.2, -0.15) is 0 Å². The Morgan fingerprint density at radius 2 is 1.56 bits per heavy atom. The van der Waals surface area contributed by atoms with Gasteiger partial charge in [0.1, 0.15) is 23.7 Å². The molecule has 4 rings (SSSR count). The number of rotatable bonds is 15. The summed E-state index contributed by atoms with van der Waals surface area (Å²) in [5, 5.41) is 9.98. The molecule has 55 heavy (non-hydrogen) atoms. The minimum atomic E-state index is -2.85. The van der Waals surface area contributed by atoms with Gasteiger partial charge in [-0.15, -0.1) is 0 Å². The second-order valence-corrected chi connectivity index (χ2v) is 16.6. The van der Waals surface area contributed by atoms with Crippen molar-refractivity contribution in [2.75, 3.05) is 27.2 Å². The lowest BCUT2D eigenvalue weighted by molar-refractivity contribution is -0.145. The summed E-state index contributed by atoms with van der Waals surface area (Å²) in [5.41, 5.74) is -0.688. The number of hydrogen-bond donors (Lipinski definition) is 4. The maximum atomic E-state index is 14.4. The topological polar surface area (TPSA) is 183 Å². The summed E-state index contributed by atoms with van der Waals surface area (Å²) in [5.74, 6) is -5.64. The number of ketones is 1. The summed E-state index contributed by atoms with van der Waals surface area (Å²) in [6, 6.07) is 3.54. The molecule has 1 aromatic carbocycles. The number of nitrogens with zero attached hydrogens (tertiary/aromatic N) is 2. The number of alkyl carbamates (subject to hydrolysis) is 1. The van der Waals surface area contributed by atoms with E-state index in [1.807, 2.05) is 13.8 Å². The van der Waals surface area contributed by atoms with Crippen molar-refractivity contribution in [2.24, 2.45) is 23.2 Å². The molecule has 16 heteroatoms. The normalized spacial score (nSPS) is 22.0. The smallest absolute Gasteiger partial charge is 0.408 e. The SMILES string of the molecule is CN(C)C(=O)[C@@H](NC(=O)CNC(=O)C(=O)C(CCC(F)F)NC(=O)[C@@H]1[C@@H]2C(CN1C(=O)[C@@H](NC(=O)OC(C)(C)C)C1CCCCC1)C2(C)C)c1ccccc1. The van der Waals surface area contributed by atoms with E-state index in [2.05, 4.69) is 21.3 Å². The Kier molecular flexibility index (Phi) is 14.0. The highest BCUT2D eigenvalue weighted by Crippen LogP contribution is 2.65. The first-order chi connectivity index (χ1) is 25.7. The lowest BCUT2D eigenvalue weighted by Crippen LogP contribution is -2.60. The first-order valence-electron chi connectivity index (χ1n) is 19.0. The van der Waals surface area contributed by atoms with Crippen LogP contribution in [0.25, 0.3) is 0 Å². The predicted octanol–water partition coefficient (Wildman–Crippen LogP) is 3.10. The van der Waals surface area contributed by atoms with Gasteiger partial charge in [0.25, 0.3) is 5.91 Å². The van der Waals surface area contributed by atoms with Crippen molar-refractivity contribution in [2.45, 2.75) is 116 Å². The molecule has 2 aliphatic carbocycles. The van der Waals surface area contributed by atoms with Crippen LogP contribution in [-0.2, 0) is 33.5 Å². The zero-order valence-electron chi connectivity index (χ0n) is 32.8. The van der Waals surface area contributed by atoms with Crippen molar-refractivity contribution < 1.29 is 47.1 Å². The van der Waals surface area contributed by atoms with Crippen LogP contribution in [0, 0.1) is 23.2 Å². The summed E-state index contributed by atoms with van der Waals surface area (Å²) in [6.45, 7) is 8.51. The van der Waals surface area contributed by atoms with Crippen molar-refractivity contribution in [1.82, 2.24) is 31.1 Å². The van der Waals surface area contributed by atoms with Crippen LogP contribution in [-0.4, -0.2) is 109 Å². The van der Waals surface area contributed by atoms with Gasteiger partial charge in [0, 0.05) is 27.1 Å². The highest BCUT2D eigenvalue weighted by molar-refractivity contribution is 6.38. The zero-order valence-corrected chi connectivity index (χ0v) is 32.8. The van der Waals surface area contributed by atoms with E-state index in [0.29, 0.717) is 18.4 Å². The molecular weight excluding hydrogens is 718 g/mol. The van der Waals surface area contributed by atoms with Gasteiger partial charge in [-0.25, -0.2) is 13.6 Å². The second-order valence-electron chi connectivity index (χ2n) is 16.6. The van der Waals surface area contributed by atoms with E-state index in [4.69, 9.17) is 4.74 Å². The van der Waals surface area contributed by atoms with Gasteiger partial charge in [-0.1, -0.05) is 63.4 Å². The highest BCUT2D eigenvalue weighted by atomic mass is 19.3. The lowest BCUT2D eigenvalue weighted by Gasteiger charge is -2.37. The summed E-state index contributed by atoms with van der Waals surface area (Å²) in [4.78, 5) is 96.3. The van der Waals surface area contributed by atoms with E-state index in [9.17, 15) is 42.3 Å². The van der Waals surface area contributed by atoms with Gasteiger partial charge in [-0.05, 0) is 68.8 Å². The molecule has 3 fully saturated rings. The highest BCUT2D eigenvalue weighted by Gasteiger charge is 2.69. The number of carbonyl (C=O) groups excluding carboxylic acids is 7. The van der Waals surface area contributed by atoms with Crippen molar-refractivity contribution in [3.63, 3.8) is 0 Å². The monoisotopic (exact) mass is 774 g/mol. The number of nitrogens with one attached hydrogen (secondary N) is 4. The number of piperidine rings is 1. The van der Waals surface area contributed by atoms with Crippen LogP contribution in [0.5, 0.6) is 0 Å². The lowest BCUT2D eigenvalue weighted by atomic mass is 9.83. The van der Waals surface area contributed by atoms with E-state index in [1.54, 1.807) is 51.1 Å². The Morgan fingerprint density at radius 3 is 2.15 bits per heavy atom. The van der Waals surface area contributed by atoms with Gasteiger partial charge in [0.15, 0.2) is 0 Å². The standard InChI is InChI=1S/C39H56F2N6O8/c1-38(2,3)55-37(54)45-30(23-16-12-9-13-17-23)36(53)47-21-24-28(39(24,4)5)31(47)33(50)43-25(18-19-26(40)41)32(49)34(51)42-20-27(48)44-29(35(52)46(6)7)22-14-10-8-11-15-22/h8,10-11,14-15,23-26,28-31H,9,12-13,16-21H2,1-7H3,(H,42,51)(H,43,50)(H,44,48)(H,45,54)/t24?,25?,28-,29-,30-,31-/m0/s1. The van der Waals surface area contributed by atoms with Crippen LogP contribution >= 0.6 is 0 Å². The molecule has 0 radical (unpaired) electrons. The van der Waals surface area contributed by atoms with Gasteiger partial charge < -0.3 is 35.8 Å². The van der Waals surface area contributed by atoms with Gasteiger partial charge >= 0.3 is 6.09 Å². The van der Waals surface area contributed by atoms with Gasteiger partial charge in [0.05, 0.1) is 12.6 Å².